The van der Waals surface area contributed by atoms with Crippen molar-refractivity contribution in [2.75, 3.05) is 27.9 Å². The molecular weight excluding hydrogens is 222 g/mol. The summed E-state index contributed by atoms with van der Waals surface area (Å²) in [6, 6.07) is 5.83. The summed E-state index contributed by atoms with van der Waals surface area (Å²) in [7, 11) is 4.57. The Kier molecular flexibility index (Phi) is 7.54. The first-order chi connectivity index (χ1) is 8.08. The van der Waals surface area contributed by atoms with Crippen molar-refractivity contribution >= 4 is 5.97 Å². The summed E-state index contributed by atoms with van der Waals surface area (Å²) in [5, 5.41) is 0. The van der Waals surface area contributed by atoms with E-state index in [1.165, 1.54) is 12.7 Å². The molecule has 1 rings (SSSR count). The molecule has 0 heterocycles. The first kappa shape index (κ1) is 15.2. The summed E-state index contributed by atoms with van der Waals surface area (Å²) in [6.07, 6.45) is 0. The van der Waals surface area contributed by atoms with Crippen molar-refractivity contribution in [2.45, 2.75) is 6.92 Å². The van der Waals surface area contributed by atoms with Crippen molar-refractivity contribution in [1.82, 2.24) is 0 Å². The van der Waals surface area contributed by atoms with E-state index in [9.17, 15) is 4.79 Å². The van der Waals surface area contributed by atoms with Crippen molar-refractivity contribution < 1.29 is 19.0 Å². The van der Waals surface area contributed by atoms with E-state index in [1.807, 2.05) is 25.1 Å². The monoisotopic (exact) mass is 241 g/mol. The highest BCUT2D eigenvalue weighted by Gasteiger charge is 2.00. The van der Waals surface area contributed by atoms with Crippen LogP contribution in [-0.4, -0.2) is 33.8 Å². The van der Waals surface area contributed by atoms with E-state index < -0.39 is 0 Å². The highest BCUT2D eigenvalue weighted by molar-refractivity contribution is 5.70. The molecule has 0 aliphatic rings. The summed E-state index contributed by atoms with van der Waals surface area (Å²) < 4.78 is 14.3. The van der Waals surface area contributed by atoms with Crippen molar-refractivity contribution in [3.05, 3.63) is 23.8 Å². The minimum Gasteiger partial charge on any atom is -0.493 e. The first-order valence-corrected chi connectivity index (χ1v) is 5.04. The molecule has 0 bridgehead atoms. The van der Waals surface area contributed by atoms with Crippen LogP contribution >= 0.6 is 0 Å². The topological polar surface area (TPSA) is 70.8 Å². The standard InChI is InChI=1S/C9H12O2.C3H7NO2/c1-7-4-5-8(10-2)9(6-7)11-3;1-6-3(5)2-4/h4-6H,1-3H3;2,4H2,1H3. The van der Waals surface area contributed by atoms with Gasteiger partial charge in [-0.2, -0.15) is 0 Å². The van der Waals surface area contributed by atoms with Gasteiger partial charge < -0.3 is 19.9 Å². The summed E-state index contributed by atoms with van der Waals surface area (Å²) >= 11 is 0. The number of hydrogen-bond acceptors (Lipinski definition) is 5. The lowest BCUT2D eigenvalue weighted by Gasteiger charge is -2.06. The van der Waals surface area contributed by atoms with Crippen LogP contribution < -0.4 is 15.2 Å². The van der Waals surface area contributed by atoms with Gasteiger partial charge in [-0.15, -0.1) is 0 Å². The Hall–Kier alpha value is -1.75. The fourth-order valence-electron chi connectivity index (χ4n) is 1.03. The molecule has 0 spiro atoms. The number of aryl methyl sites for hydroxylation is 1. The molecule has 1 aromatic carbocycles. The molecule has 2 N–H and O–H groups in total. The summed E-state index contributed by atoms with van der Waals surface area (Å²) in [5.41, 5.74) is 5.98. The maximum atomic E-state index is 9.83. The van der Waals surface area contributed by atoms with E-state index in [4.69, 9.17) is 15.2 Å². The van der Waals surface area contributed by atoms with Gasteiger partial charge >= 0.3 is 5.97 Å². The number of rotatable bonds is 3. The number of carbonyl (C=O) groups is 1. The van der Waals surface area contributed by atoms with E-state index in [0.717, 1.165) is 11.5 Å². The molecular formula is C12H19NO4. The minimum atomic E-state index is -0.380. The summed E-state index contributed by atoms with van der Waals surface area (Å²) in [5.74, 6) is 1.18. The second-order valence-corrected chi connectivity index (χ2v) is 3.14. The van der Waals surface area contributed by atoms with E-state index >= 15 is 0 Å². The van der Waals surface area contributed by atoms with Gasteiger partial charge in [-0.1, -0.05) is 6.07 Å². The molecule has 0 aliphatic carbocycles. The Morgan fingerprint density at radius 2 is 1.76 bits per heavy atom. The number of methoxy groups -OCH3 is 3. The number of nitrogens with two attached hydrogens (primary N) is 1. The van der Waals surface area contributed by atoms with Gasteiger partial charge in [0.15, 0.2) is 11.5 Å². The molecule has 0 amide bonds. The largest absolute Gasteiger partial charge is 0.493 e. The third kappa shape index (κ3) is 5.77. The maximum absolute atomic E-state index is 9.83. The summed E-state index contributed by atoms with van der Waals surface area (Å²) in [6.45, 7) is 1.98. The second-order valence-electron chi connectivity index (χ2n) is 3.14. The Morgan fingerprint density at radius 3 is 2.12 bits per heavy atom. The molecule has 0 fully saturated rings. The fraction of sp³-hybridized carbons (Fsp3) is 0.417. The number of ether oxygens (including phenoxy) is 3. The normalized spacial score (nSPS) is 8.76. The molecule has 0 atom stereocenters. The van der Waals surface area contributed by atoms with Crippen LogP contribution in [0, 0.1) is 6.92 Å². The van der Waals surface area contributed by atoms with Crippen LogP contribution in [0.4, 0.5) is 0 Å². The zero-order valence-electron chi connectivity index (χ0n) is 10.6. The van der Waals surface area contributed by atoms with Crippen LogP contribution in [0.3, 0.4) is 0 Å². The van der Waals surface area contributed by atoms with E-state index in [0.29, 0.717) is 0 Å². The Balaban J connectivity index is 0.000000366. The number of esters is 1. The predicted octanol–water partition coefficient (Wildman–Crippen LogP) is 1.13. The quantitative estimate of drug-likeness (QED) is 0.803. The van der Waals surface area contributed by atoms with E-state index in [2.05, 4.69) is 4.74 Å². The number of benzene rings is 1. The van der Waals surface area contributed by atoms with Gasteiger partial charge in [-0.3, -0.25) is 4.79 Å². The van der Waals surface area contributed by atoms with Crippen molar-refractivity contribution in [3.63, 3.8) is 0 Å². The van der Waals surface area contributed by atoms with Gasteiger partial charge in [0.25, 0.3) is 0 Å². The first-order valence-electron chi connectivity index (χ1n) is 5.04. The molecule has 0 unspecified atom stereocenters. The second kappa shape index (κ2) is 8.41. The molecule has 1 aromatic rings. The number of hydrogen-bond donors (Lipinski definition) is 1. The maximum Gasteiger partial charge on any atom is 0.319 e. The molecule has 96 valence electrons. The highest BCUT2D eigenvalue weighted by atomic mass is 16.5. The van der Waals surface area contributed by atoms with Gasteiger partial charge in [0.1, 0.15) is 0 Å². The van der Waals surface area contributed by atoms with E-state index in [-0.39, 0.29) is 12.5 Å². The molecule has 0 saturated heterocycles. The van der Waals surface area contributed by atoms with Crippen LogP contribution in [0.5, 0.6) is 11.5 Å². The van der Waals surface area contributed by atoms with Gasteiger partial charge in [0.2, 0.25) is 0 Å². The molecule has 5 nitrogen and oxygen atoms in total. The lowest BCUT2D eigenvalue weighted by molar-refractivity contribution is -0.138. The fourth-order valence-corrected chi connectivity index (χ4v) is 1.03. The third-order valence-corrected chi connectivity index (χ3v) is 1.93. The Morgan fingerprint density at radius 1 is 1.18 bits per heavy atom. The lowest BCUT2D eigenvalue weighted by Crippen LogP contribution is -2.14. The molecule has 17 heavy (non-hydrogen) atoms. The molecule has 0 radical (unpaired) electrons. The molecule has 0 aliphatic heterocycles. The lowest BCUT2D eigenvalue weighted by atomic mass is 10.2. The molecule has 0 saturated carbocycles. The van der Waals surface area contributed by atoms with Crippen molar-refractivity contribution in [3.8, 4) is 11.5 Å². The zero-order valence-corrected chi connectivity index (χ0v) is 10.6. The van der Waals surface area contributed by atoms with Crippen LogP contribution in [-0.2, 0) is 9.53 Å². The molecule has 5 heteroatoms. The average molecular weight is 241 g/mol. The Bertz CT molecular complexity index is 346. The van der Waals surface area contributed by atoms with Crippen LogP contribution in [0.15, 0.2) is 18.2 Å². The summed E-state index contributed by atoms with van der Waals surface area (Å²) in [4.78, 5) is 9.83. The third-order valence-electron chi connectivity index (χ3n) is 1.93. The van der Waals surface area contributed by atoms with Gasteiger partial charge in [-0.25, -0.2) is 0 Å². The predicted molar refractivity (Wildman–Crippen MR) is 65.4 cm³/mol. The average Bonchev–Trinajstić information content (AvgIpc) is 2.38. The minimum absolute atomic E-state index is 0.0312. The van der Waals surface area contributed by atoms with Gasteiger partial charge in [0, 0.05) is 0 Å². The van der Waals surface area contributed by atoms with Crippen molar-refractivity contribution in [2.24, 2.45) is 5.73 Å². The highest BCUT2D eigenvalue weighted by Crippen LogP contribution is 2.26. The van der Waals surface area contributed by atoms with Crippen molar-refractivity contribution in [1.29, 1.82) is 0 Å². The zero-order chi connectivity index (χ0) is 13.3. The van der Waals surface area contributed by atoms with Gasteiger partial charge in [0.05, 0.1) is 27.9 Å². The van der Waals surface area contributed by atoms with Crippen LogP contribution in [0.25, 0.3) is 0 Å². The van der Waals surface area contributed by atoms with Crippen LogP contribution in [0.2, 0.25) is 0 Å². The molecule has 0 aromatic heterocycles. The number of carbonyl (C=O) groups excluding carboxylic acids is 1. The smallest absolute Gasteiger partial charge is 0.319 e. The Labute approximate surface area is 101 Å². The van der Waals surface area contributed by atoms with Gasteiger partial charge in [-0.05, 0) is 24.6 Å². The van der Waals surface area contributed by atoms with E-state index in [1.54, 1.807) is 14.2 Å². The SMILES string of the molecule is COC(=O)CN.COc1ccc(C)cc1OC. The van der Waals surface area contributed by atoms with Crippen LogP contribution in [0.1, 0.15) is 5.56 Å².